The number of hydrazine groups is 1. The van der Waals surface area contributed by atoms with E-state index in [9.17, 15) is 13.2 Å². The van der Waals surface area contributed by atoms with Gasteiger partial charge in [-0.05, 0) is 30.4 Å². The van der Waals surface area contributed by atoms with Gasteiger partial charge in [0.05, 0.1) is 0 Å². The Kier molecular flexibility index (Phi) is 5.62. The van der Waals surface area contributed by atoms with Crippen LogP contribution in [0.5, 0.6) is 0 Å². The average Bonchev–Trinajstić information content (AvgIpc) is 2.34. The van der Waals surface area contributed by atoms with E-state index in [0.717, 1.165) is 12.0 Å². The van der Waals surface area contributed by atoms with Crippen LogP contribution in [0.25, 0.3) is 0 Å². The zero-order valence-corrected chi connectivity index (χ0v) is 10.4. The van der Waals surface area contributed by atoms with Crippen LogP contribution in [0.15, 0.2) is 24.3 Å². The zero-order valence-electron chi connectivity index (χ0n) is 10.4. The van der Waals surface area contributed by atoms with Crippen LogP contribution in [-0.4, -0.2) is 12.2 Å². The Balaban J connectivity index is 2.51. The summed E-state index contributed by atoms with van der Waals surface area (Å²) in [7, 11) is 0. The highest BCUT2D eigenvalue weighted by atomic mass is 19.4. The molecule has 0 bridgehead atoms. The first kappa shape index (κ1) is 15.0. The molecule has 0 fully saturated rings. The third-order valence-electron chi connectivity index (χ3n) is 2.93. The van der Waals surface area contributed by atoms with Crippen molar-refractivity contribution in [2.24, 2.45) is 5.84 Å². The van der Waals surface area contributed by atoms with Gasteiger partial charge in [0.2, 0.25) is 0 Å². The van der Waals surface area contributed by atoms with Crippen molar-refractivity contribution in [1.29, 1.82) is 0 Å². The number of rotatable bonds is 6. The Hall–Kier alpha value is -1.07. The van der Waals surface area contributed by atoms with E-state index in [4.69, 9.17) is 5.84 Å². The van der Waals surface area contributed by atoms with E-state index in [1.54, 1.807) is 0 Å². The Morgan fingerprint density at radius 3 is 2.17 bits per heavy atom. The quantitative estimate of drug-likeness (QED) is 0.609. The van der Waals surface area contributed by atoms with Gasteiger partial charge in [-0.25, -0.2) is 0 Å². The van der Waals surface area contributed by atoms with E-state index in [1.807, 2.05) is 24.3 Å². The molecule has 1 rings (SSSR count). The molecule has 0 aliphatic carbocycles. The van der Waals surface area contributed by atoms with Gasteiger partial charge in [0.15, 0.2) is 0 Å². The zero-order chi connectivity index (χ0) is 13.6. The predicted molar refractivity (Wildman–Crippen MR) is 65.9 cm³/mol. The van der Waals surface area contributed by atoms with E-state index in [0.29, 0.717) is 6.42 Å². The van der Waals surface area contributed by atoms with Gasteiger partial charge in [0, 0.05) is 12.5 Å². The van der Waals surface area contributed by atoms with Crippen LogP contribution in [0.3, 0.4) is 0 Å². The number of halogens is 3. The van der Waals surface area contributed by atoms with Gasteiger partial charge in [0.25, 0.3) is 0 Å². The lowest BCUT2D eigenvalue weighted by molar-refractivity contribution is -0.136. The molecule has 0 aliphatic heterocycles. The molecule has 3 N–H and O–H groups in total. The lowest BCUT2D eigenvalue weighted by Crippen LogP contribution is -2.37. The number of aryl methyl sites for hydroxylation is 1. The second kappa shape index (κ2) is 6.75. The molecule has 18 heavy (non-hydrogen) atoms. The molecule has 0 saturated carbocycles. The third-order valence-corrected chi connectivity index (χ3v) is 2.93. The van der Waals surface area contributed by atoms with Gasteiger partial charge in [0.1, 0.15) is 0 Å². The van der Waals surface area contributed by atoms with Crippen molar-refractivity contribution in [3.05, 3.63) is 35.4 Å². The molecule has 2 nitrogen and oxygen atoms in total. The fourth-order valence-electron chi connectivity index (χ4n) is 1.78. The molecule has 0 aromatic heterocycles. The summed E-state index contributed by atoms with van der Waals surface area (Å²) in [4.78, 5) is 0. The molecule has 0 radical (unpaired) electrons. The fourth-order valence-corrected chi connectivity index (χ4v) is 1.78. The van der Waals surface area contributed by atoms with Crippen LogP contribution in [0.2, 0.25) is 0 Å². The van der Waals surface area contributed by atoms with Crippen molar-refractivity contribution in [3.8, 4) is 0 Å². The van der Waals surface area contributed by atoms with Crippen molar-refractivity contribution in [2.45, 2.75) is 44.8 Å². The maximum absolute atomic E-state index is 12.1. The number of benzene rings is 1. The molecule has 0 saturated heterocycles. The molecule has 0 spiro atoms. The number of hydrogen-bond acceptors (Lipinski definition) is 2. The molecule has 1 unspecified atom stereocenters. The smallest absolute Gasteiger partial charge is 0.271 e. The second-order valence-electron chi connectivity index (χ2n) is 4.39. The summed E-state index contributed by atoms with van der Waals surface area (Å²) in [5.74, 6) is 5.29. The highest BCUT2D eigenvalue weighted by Crippen LogP contribution is 2.23. The molecule has 0 heterocycles. The van der Waals surface area contributed by atoms with E-state index in [2.05, 4.69) is 12.3 Å². The number of nitrogens with two attached hydrogens (primary N) is 1. The molecule has 1 aromatic rings. The average molecular weight is 260 g/mol. The molecule has 1 atom stereocenters. The van der Waals surface area contributed by atoms with Crippen LogP contribution in [0, 0.1) is 0 Å². The van der Waals surface area contributed by atoms with Gasteiger partial charge in [-0.1, -0.05) is 31.2 Å². The summed E-state index contributed by atoms with van der Waals surface area (Å²) in [5, 5.41) is 0. The van der Waals surface area contributed by atoms with E-state index < -0.39 is 12.6 Å². The maximum Gasteiger partial charge on any atom is 0.389 e. The van der Waals surface area contributed by atoms with Gasteiger partial charge in [-0.15, -0.1) is 0 Å². The topological polar surface area (TPSA) is 38.0 Å². The first-order valence-electron chi connectivity index (χ1n) is 6.05. The number of nitrogens with one attached hydrogen (secondary N) is 1. The molecule has 0 amide bonds. The van der Waals surface area contributed by atoms with Crippen LogP contribution < -0.4 is 11.3 Å². The minimum Gasteiger partial charge on any atom is -0.271 e. The lowest BCUT2D eigenvalue weighted by Gasteiger charge is -2.17. The standard InChI is InChI=1S/C13H19F3N2/c1-2-10-3-5-11(6-4-10)9-12(18-17)7-8-13(14,15)16/h3-6,12,18H,2,7-9,17H2,1H3. The summed E-state index contributed by atoms with van der Waals surface area (Å²) in [6.07, 6.45) is -3.48. The Morgan fingerprint density at radius 1 is 1.17 bits per heavy atom. The number of alkyl halides is 3. The summed E-state index contributed by atoms with van der Waals surface area (Å²) in [5.41, 5.74) is 4.66. The van der Waals surface area contributed by atoms with Gasteiger partial charge in [-0.2, -0.15) is 13.2 Å². The monoisotopic (exact) mass is 260 g/mol. The summed E-state index contributed by atoms with van der Waals surface area (Å²) in [6, 6.07) is 7.52. The Labute approximate surface area is 105 Å². The molecule has 102 valence electrons. The van der Waals surface area contributed by atoms with E-state index in [1.165, 1.54) is 5.56 Å². The largest absolute Gasteiger partial charge is 0.389 e. The minimum absolute atomic E-state index is 0.00444. The second-order valence-corrected chi connectivity index (χ2v) is 4.39. The van der Waals surface area contributed by atoms with Gasteiger partial charge >= 0.3 is 6.18 Å². The van der Waals surface area contributed by atoms with Gasteiger partial charge < -0.3 is 0 Å². The SMILES string of the molecule is CCc1ccc(CC(CCC(F)(F)F)NN)cc1. The van der Waals surface area contributed by atoms with Crippen molar-refractivity contribution in [1.82, 2.24) is 5.43 Å². The third kappa shape index (κ3) is 5.51. The number of hydrogen-bond donors (Lipinski definition) is 2. The van der Waals surface area contributed by atoms with Crippen LogP contribution in [0.4, 0.5) is 13.2 Å². The Bertz CT molecular complexity index is 346. The summed E-state index contributed by atoms with van der Waals surface area (Å²) >= 11 is 0. The molecular weight excluding hydrogens is 241 g/mol. The lowest BCUT2D eigenvalue weighted by atomic mass is 10.0. The normalized spacial score (nSPS) is 13.6. The van der Waals surface area contributed by atoms with Crippen LogP contribution >= 0.6 is 0 Å². The fraction of sp³-hybridized carbons (Fsp3) is 0.538. The van der Waals surface area contributed by atoms with Crippen LogP contribution in [0.1, 0.15) is 30.9 Å². The molecule has 0 aliphatic rings. The maximum atomic E-state index is 12.1. The molecule has 5 heteroatoms. The predicted octanol–water partition coefficient (Wildman–Crippen LogP) is 2.97. The summed E-state index contributed by atoms with van der Waals surface area (Å²) in [6.45, 7) is 2.06. The summed E-state index contributed by atoms with van der Waals surface area (Å²) < 4.78 is 36.4. The highest BCUT2D eigenvalue weighted by Gasteiger charge is 2.28. The van der Waals surface area contributed by atoms with Gasteiger partial charge in [-0.3, -0.25) is 11.3 Å². The van der Waals surface area contributed by atoms with Crippen molar-refractivity contribution in [2.75, 3.05) is 0 Å². The molecular formula is C13H19F3N2. The molecule has 1 aromatic carbocycles. The van der Waals surface area contributed by atoms with Crippen molar-refractivity contribution >= 4 is 0 Å². The van der Waals surface area contributed by atoms with E-state index in [-0.39, 0.29) is 12.5 Å². The first-order chi connectivity index (χ1) is 8.44. The van der Waals surface area contributed by atoms with Crippen molar-refractivity contribution in [3.63, 3.8) is 0 Å². The Morgan fingerprint density at radius 2 is 1.72 bits per heavy atom. The van der Waals surface area contributed by atoms with Crippen molar-refractivity contribution < 1.29 is 13.2 Å². The minimum atomic E-state index is -4.12. The van der Waals surface area contributed by atoms with Crippen LogP contribution in [-0.2, 0) is 12.8 Å². The first-order valence-corrected chi connectivity index (χ1v) is 6.05. The highest BCUT2D eigenvalue weighted by molar-refractivity contribution is 5.23. The van der Waals surface area contributed by atoms with E-state index >= 15 is 0 Å².